The van der Waals surface area contributed by atoms with Gasteiger partial charge < -0.3 is 5.32 Å². The Kier molecular flexibility index (Phi) is 2.88. The lowest BCUT2D eigenvalue weighted by Gasteiger charge is -2.14. The number of carbonyl (C=O) groups is 1. The molecule has 5 heteroatoms. The van der Waals surface area contributed by atoms with Gasteiger partial charge in [-0.3, -0.25) is 9.69 Å². The minimum Gasteiger partial charge on any atom is -0.360 e. The van der Waals surface area contributed by atoms with Gasteiger partial charge in [0.15, 0.2) is 5.11 Å². The van der Waals surface area contributed by atoms with Crippen LogP contribution in [0.5, 0.6) is 0 Å². The highest BCUT2D eigenvalue weighted by Crippen LogP contribution is 2.17. The summed E-state index contributed by atoms with van der Waals surface area (Å²) in [5, 5.41) is 3.86. The molecule has 78 valence electrons. The molecule has 1 fully saturated rings. The highest BCUT2D eigenvalue weighted by molar-refractivity contribution is 7.80. The molecular weight excluding hydrogens is 232 g/mol. The summed E-state index contributed by atoms with van der Waals surface area (Å²) in [6.07, 6.45) is 0. The molecule has 0 aromatic heterocycles. The third-order valence-corrected chi connectivity index (χ3v) is 2.90. The van der Waals surface area contributed by atoms with Gasteiger partial charge in [0.1, 0.15) is 0 Å². The summed E-state index contributed by atoms with van der Waals surface area (Å²) in [6.45, 7) is 1.30. The highest BCUT2D eigenvalue weighted by Gasteiger charge is 2.25. The number of rotatable bonds is 1. The normalized spacial score (nSPS) is 15.3. The topological polar surface area (TPSA) is 32.3 Å². The summed E-state index contributed by atoms with van der Waals surface area (Å²) in [4.78, 5) is 13.5. The fourth-order valence-corrected chi connectivity index (χ4v) is 1.94. The van der Waals surface area contributed by atoms with E-state index in [0.717, 1.165) is 0 Å². The molecule has 1 N–H and O–H groups in total. The van der Waals surface area contributed by atoms with Crippen LogP contribution in [0, 0.1) is 0 Å². The van der Waals surface area contributed by atoms with Crippen LogP contribution in [-0.2, 0) is 0 Å². The van der Waals surface area contributed by atoms with Gasteiger partial charge in [0.2, 0.25) is 0 Å². The maximum atomic E-state index is 12.0. The molecule has 0 aliphatic carbocycles. The monoisotopic (exact) mass is 240 g/mol. The Morgan fingerprint density at radius 3 is 2.80 bits per heavy atom. The van der Waals surface area contributed by atoms with Gasteiger partial charge in [-0.05, 0) is 24.4 Å². The van der Waals surface area contributed by atoms with Crippen molar-refractivity contribution < 1.29 is 4.79 Å². The minimum atomic E-state index is -0.143. The summed E-state index contributed by atoms with van der Waals surface area (Å²) >= 11 is 10.9. The van der Waals surface area contributed by atoms with Gasteiger partial charge in [0.05, 0.1) is 10.6 Å². The second kappa shape index (κ2) is 4.16. The summed E-state index contributed by atoms with van der Waals surface area (Å²) in [5.74, 6) is -0.143. The van der Waals surface area contributed by atoms with Crippen LogP contribution in [0.25, 0.3) is 0 Å². The van der Waals surface area contributed by atoms with Gasteiger partial charge >= 0.3 is 0 Å². The molecule has 1 heterocycles. The second-order valence-corrected chi connectivity index (χ2v) is 3.96. The first-order chi connectivity index (χ1) is 7.20. The molecule has 1 amide bonds. The van der Waals surface area contributed by atoms with E-state index >= 15 is 0 Å². The lowest BCUT2D eigenvalue weighted by Crippen LogP contribution is -2.34. The van der Waals surface area contributed by atoms with Crippen LogP contribution in [0.2, 0.25) is 5.02 Å². The molecule has 1 saturated heterocycles. The van der Waals surface area contributed by atoms with Crippen LogP contribution >= 0.6 is 23.8 Å². The Balaban J connectivity index is 2.28. The number of benzene rings is 1. The average Bonchev–Trinajstić information content (AvgIpc) is 2.64. The first-order valence-electron chi connectivity index (χ1n) is 4.54. The van der Waals surface area contributed by atoms with E-state index in [1.54, 1.807) is 24.3 Å². The van der Waals surface area contributed by atoms with E-state index in [2.05, 4.69) is 5.32 Å². The predicted molar refractivity (Wildman–Crippen MR) is 63.1 cm³/mol. The molecule has 0 bridgehead atoms. The molecule has 1 aromatic carbocycles. The summed E-state index contributed by atoms with van der Waals surface area (Å²) in [5.41, 5.74) is 0.491. The minimum absolute atomic E-state index is 0.143. The molecular formula is C10H9ClN2OS. The summed E-state index contributed by atoms with van der Waals surface area (Å²) in [6, 6.07) is 6.97. The van der Waals surface area contributed by atoms with Crippen molar-refractivity contribution in [3.8, 4) is 0 Å². The summed E-state index contributed by atoms with van der Waals surface area (Å²) in [7, 11) is 0. The predicted octanol–water partition coefficient (Wildman–Crippen LogP) is 1.67. The fraction of sp³-hybridized carbons (Fsp3) is 0.200. The Bertz CT molecular complexity index is 422. The molecule has 1 aliphatic heterocycles. The average molecular weight is 241 g/mol. The van der Waals surface area contributed by atoms with Crippen molar-refractivity contribution in [2.45, 2.75) is 0 Å². The van der Waals surface area contributed by atoms with E-state index < -0.39 is 0 Å². The van der Waals surface area contributed by atoms with Gasteiger partial charge in [-0.25, -0.2) is 0 Å². The number of hydrogen-bond donors (Lipinski definition) is 1. The zero-order valence-corrected chi connectivity index (χ0v) is 9.44. The number of carbonyl (C=O) groups excluding carboxylic acids is 1. The molecule has 0 atom stereocenters. The Hall–Kier alpha value is -1.13. The van der Waals surface area contributed by atoms with Crippen molar-refractivity contribution in [2.24, 2.45) is 0 Å². The molecule has 1 aliphatic rings. The van der Waals surface area contributed by atoms with Crippen molar-refractivity contribution >= 4 is 34.8 Å². The molecule has 1 aromatic rings. The van der Waals surface area contributed by atoms with Crippen LogP contribution in [0.1, 0.15) is 10.4 Å². The van der Waals surface area contributed by atoms with E-state index in [1.807, 2.05) is 0 Å². The van der Waals surface area contributed by atoms with Gasteiger partial charge in [-0.1, -0.05) is 23.7 Å². The van der Waals surface area contributed by atoms with E-state index in [-0.39, 0.29) is 5.91 Å². The number of amides is 1. The molecule has 3 nitrogen and oxygen atoms in total. The van der Waals surface area contributed by atoms with E-state index in [0.29, 0.717) is 28.8 Å². The van der Waals surface area contributed by atoms with Crippen LogP contribution in [0.15, 0.2) is 24.3 Å². The van der Waals surface area contributed by atoms with Crippen molar-refractivity contribution in [3.63, 3.8) is 0 Å². The van der Waals surface area contributed by atoms with Gasteiger partial charge in [-0.2, -0.15) is 0 Å². The smallest absolute Gasteiger partial charge is 0.261 e. The van der Waals surface area contributed by atoms with Crippen LogP contribution < -0.4 is 5.32 Å². The fourth-order valence-electron chi connectivity index (χ4n) is 1.45. The molecule has 0 unspecified atom stereocenters. The van der Waals surface area contributed by atoms with Crippen molar-refractivity contribution in [3.05, 3.63) is 34.9 Å². The highest BCUT2D eigenvalue weighted by atomic mass is 35.5. The first-order valence-corrected chi connectivity index (χ1v) is 5.33. The van der Waals surface area contributed by atoms with Gasteiger partial charge in [0, 0.05) is 13.1 Å². The van der Waals surface area contributed by atoms with Crippen LogP contribution in [-0.4, -0.2) is 29.0 Å². The SMILES string of the molecule is O=C(c1ccccc1Cl)N1CCNC1=S. The van der Waals surface area contributed by atoms with E-state index in [9.17, 15) is 4.79 Å². The maximum Gasteiger partial charge on any atom is 0.261 e. The van der Waals surface area contributed by atoms with Crippen molar-refractivity contribution in [1.82, 2.24) is 10.2 Å². The number of nitrogens with one attached hydrogen (secondary N) is 1. The van der Waals surface area contributed by atoms with Gasteiger partial charge in [0.25, 0.3) is 5.91 Å². The lowest BCUT2D eigenvalue weighted by molar-refractivity contribution is 0.0861. The Morgan fingerprint density at radius 1 is 1.47 bits per heavy atom. The van der Waals surface area contributed by atoms with Crippen molar-refractivity contribution in [1.29, 1.82) is 0 Å². The second-order valence-electron chi connectivity index (χ2n) is 3.17. The van der Waals surface area contributed by atoms with Crippen LogP contribution in [0.3, 0.4) is 0 Å². The zero-order chi connectivity index (χ0) is 10.8. The third kappa shape index (κ3) is 1.96. The third-order valence-electron chi connectivity index (χ3n) is 2.21. The molecule has 0 saturated carbocycles. The standard InChI is InChI=1S/C10H9ClN2OS/c11-8-4-2-1-3-7(8)9(14)13-6-5-12-10(13)15/h1-4H,5-6H2,(H,12,15). The van der Waals surface area contributed by atoms with Gasteiger partial charge in [-0.15, -0.1) is 0 Å². The Labute approximate surface area is 98.0 Å². The zero-order valence-electron chi connectivity index (χ0n) is 7.87. The number of thiocarbonyl (C=S) groups is 1. The molecule has 0 spiro atoms. The Morgan fingerprint density at radius 2 is 2.20 bits per heavy atom. The largest absolute Gasteiger partial charge is 0.360 e. The lowest BCUT2D eigenvalue weighted by atomic mass is 10.2. The molecule has 0 radical (unpaired) electrons. The molecule has 2 rings (SSSR count). The maximum absolute atomic E-state index is 12.0. The quantitative estimate of drug-likeness (QED) is 0.758. The summed E-state index contributed by atoms with van der Waals surface area (Å²) < 4.78 is 0. The number of hydrogen-bond acceptors (Lipinski definition) is 2. The molecule has 15 heavy (non-hydrogen) atoms. The number of halogens is 1. The van der Waals surface area contributed by atoms with Crippen LogP contribution in [0.4, 0.5) is 0 Å². The first kappa shape index (κ1) is 10.4. The number of nitrogens with zero attached hydrogens (tertiary/aromatic N) is 1. The van der Waals surface area contributed by atoms with E-state index in [4.69, 9.17) is 23.8 Å². The van der Waals surface area contributed by atoms with Crippen molar-refractivity contribution in [2.75, 3.05) is 13.1 Å². The van der Waals surface area contributed by atoms with E-state index in [1.165, 1.54) is 4.90 Å².